The van der Waals surface area contributed by atoms with Gasteiger partial charge in [0.2, 0.25) is 0 Å². The molecule has 3 N–H and O–H groups in total. The number of carbonyl (C=O) groups is 1. The number of amides is 1. The van der Waals surface area contributed by atoms with Crippen LogP contribution < -0.4 is 15.8 Å². The molecule has 1 amide bonds. The molecular formula is C15H22N2O3. The molecule has 1 aromatic rings. The molecule has 110 valence electrons. The third kappa shape index (κ3) is 3.22. The maximum Gasteiger partial charge on any atom is 0.257 e. The van der Waals surface area contributed by atoms with Crippen molar-refractivity contribution in [2.45, 2.75) is 26.3 Å². The minimum Gasteiger partial charge on any atom is -0.493 e. The van der Waals surface area contributed by atoms with Crippen LogP contribution in [-0.4, -0.2) is 31.8 Å². The van der Waals surface area contributed by atoms with Crippen LogP contribution in [0.15, 0.2) is 18.2 Å². The Morgan fingerprint density at radius 3 is 3.05 bits per heavy atom. The number of carbonyl (C=O) groups excluding carboxylic acids is 1. The average Bonchev–Trinajstić information content (AvgIpc) is 2.93. The van der Waals surface area contributed by atoms with Crippen molar-refractivity contribution in [3.8, 4) is 5.75 Å². The van der Waals surface area contributed by atoms with Gasteiger partial charge in [0.05, 0.1) is 13.2 Å². The highest BCUT2D eigenvalue weighted by Gasteiger charge is 2.25. The summed E-state index contributed by atoms with van der Waals surface area (Å²) in [6, 6.07) is 5.31. The molecule has 1 aliphatic heterocycles. The molecular weight excluding hydrogens is 256 g/mol. The van der Waals surface area contributed by atoms with Crippen LogP contribution in [0.25, 0.3) is 0 Å². The van der Waals surface area contributed by atoms with Gasteiger partial charge < -0.3 is 20.5 Å². The summed E-state index contributed by atoms with van der Waals surface area (Å²) in [4.78, 5) is 12.4. The second-order valence-electron chi connectivity index (χ2n) is 5.04. The summed E-state index contributed by atoms with van der Waals surface area (Å²) in [7, 11) is 0. The molecule has 1 aromatic carbocycles. The molecule has 5 nitrogen and oxygen atoms in total. The van der Waals surface area contributed by atoms with E-state index in [0.29, 0.717) is 36.1 Å². The predicted octanol–water partition coefficient (Wildman–Crippen LogP) is 1.82. The maximum absolute atomic E-state index is 12.4. The Labute approximate surface area is 119 Å². The van der Waals surface area contributed by atoms with Gasteiger partial charge in [0.25, 0.3) is 5.91 Å². The van der Waals surface area contributed by atoms with E-state index in [2.05, 4.69) is 5.32 Å². The van der Waals surface area contributed by atoms with Gasteiger partial charge in [-0.1, -0.05) is 6.07 Å². The lowest BCUT2D eigenvalue weighted by Crippen LogP contribution is -2.38. The van der Waals surface area contributed by atoms with Gasteiger partial charge in [0.15, 0.2) is 0 Å². The van der Waals surface area contributed by atoms with Crippen molar-refractivity contribution in [3.63, 3.8) is 0 Å². The first-order valence-corrected chi connectivity index (χ1v) is 7.03. The first-order chi connectivity index (χ1) is 9.63. The number of rotatable bonds is 5. The second kappa shape index (κ2) is 6.61. The quantitative estimate of drug-likeness (QED) is 0.806. The lowest BCUT2D eigenvalue weighted by Gasteiger charge is -2.20. The molecule has 2 atom stereocenters. The van der Waals surface area contributed by atoms with Gasteiger partial charge in [-0.3, -0.25) is 4.79 Å². The van der Waals surface area contributed by atoms with Crippen molar-refractivity contribution in [3.05, 3.63) is 23.8 Å². The smallest absolute Gasteiger partial charge is 0.257 e. The molecule has 0 bridgehead atoms. The van der Waals surface area contributed by atoms with Gasteiger partial charge in [-0.25, -0.2) is 0 Å². The van der Waals surface area contributed by atoms with E-state index < -0.39 is 0 Å². The van der Waals surface area contributed by atoms with Crippen molar-refractivity contribution in [1.82, 2.24) is 5.32 Å². The van der Waals surface area contributed by atoms with Crippen LogP contribution in [0.3, 0.4) is 0 Å². The molecule has 5 heteroatoms. The SMILES string of the molecule is CCOc1cccc(N)c1C(=O)NC(C)C1CCOC1. The number of hydrogen-bond acceptors (Lipinski definition) is 4. The Bertz CT molecular complexity index is 470. The number of nitrogens with two attached hydrogens (primary N) is 1. The molecule has 1 heterocycles. The third-order valence-electron chi connectivity index (χ3n) is 3.62. The van der Waals surface area contributed by atoms with E-state index in [1.165, 1.54) is 0 Å². The summed E-state index contributed by atoms with van der Waals surface area (Å²) >= 11 is 0. The Kier molecular flexibility index (Phi) is 4.84. The van der Waals surface area contributed by atoms with Crippen LogP contribution >= 0.6 is 0 Å². The van der Waals surface area contributed by atoms with E-state index >= 15 is 0 Å². The van der Waals surface area contributed by atoms with E-state index in [1.807, 2.05) is 13.8 Å². The fourth-order valence-electron chi connectivity index (χ4n) is 2.41. The van der Waals surface area contributed by atoms with Crippen molar-refractivity contribution in [1.29, 1.82) is 0 Å². The first kappa shape index (κ1) is 14.7. The van der Waals surface area contributed by atoms with Crippen LogP contribution in [0.5, 0.6) is 5.75 Å². The van der Waals surface area contributed by atoms with E-state index in [0.717, 1.165) is 13.0 Å². The normalized spacial score (nSPS) is 19.6. The van der Waals surface area contributed by atoms with Crippen LogP contribution in [0, 0.1) is 5.92 Å². The number of benzene rings is 1. The zero-order valence-electron chi connectivity index (χ0n) is 12.0. The van der Waals surface area contributed by atoms with Gasteiger partial charge in [-0.2, -0.15) is 0 Å². The molecule has 0 aromatic heterocycles. The molecule has 0 aliphatic carbocycles. The number of ether oxygens (including phenoxy) is 2. The second-order valence-corrected chi connectivity index (χ2v) is 5.04. The Balaban J connectivity index is 2.11. The van der Waals surface area contributed by atoms with Crippen molar-refractivity contribution in [2.75, 3.05) is 25.6 Å². The van der Waals surface area contributed by atoms with E-state index in [-0.39, 0.29) is 11.9 Å². The topological polar surface area (TPSA) is 73.6 Å². The van der Waals surface area contributed by atoms with Crippen LogP contribution in [0.1, 0.15) is 30.6 Å². The highest BCUT2D eigenvalue weighted by atomic mass is 16.5. The summed E-state index contributed by atoms with van der Waals surface area (Å²) in [5.41, 5.74) is 6.77. The summed E-state index contributed by atoms with van der Waals surface area (Å²) < 4.78 is 10.8. The molecule has 0 spiro atoms. The highest BCUT2D eigenvalue weighted by molar-refractivity contribution is 6.02. The first-order valence-electron chi connectivity index (χ1n) is 7.03. The molecule has 1 saturated heterocycles. The van der Waals surface area contributed by atoms with Crippen molar-refractivity contribution < 1.29 is 14.3 Å². The van der Waals surface area contributed by atoms with Gasteiger partial charge >= 0.3 is 0 Å². The van der Waals surface area contributed by atoms with Gasteiger partial charge in [0, 0.05) is 24.3 Å². The molecule has 2 unspecified atom stereocenters. The Hall–Kier alpha value is -1.75. The Morgan fingerprint density at radius 1 is 1.60 bits per heavy atom. The van der Waals surface area contributed by atoms with E-state index in [9.17, 15) is 4.79 Å². The Morgan fingerprint density at radius 2 is 2.40 bits per heavy atom. The minimum atomic E-state index is -0.189. The van der Waals surface area contributed by atoms with Gasteiger partial charge in [0.1, 0.15) is 11.3 Å². The number of hydrogen-bond donors (Lipinski definition) is 2. The number of nitrogen functional groups attached to an aromatic ring is 1. The van der Waals surface area contributed by atoms with Crippen molar-refractivity contribution in [2.24, 2.45) is 5.92 Å². The number of anilines is 1. The van der Waals surface area contributed by atoms with Crippen LogP contribution in [-0.2, 0) is 4.74 Å². The van der Waals surface area contributed by atoms with Crippen LogP contribution in [0.4, 0.5) is 5.69 Å². The standard InChI is InChI=1S/C15H22N2O3/c1-3-20-13-6-4-5-12(16)14(13)15(18)17-10(2)11-7-8-19-9-11/h4-6,10-11H,3,7-9,16H2,1-2H3,(H,17,18). The van der Waals surface area contributed by atoms with E-state index in [1.54, 1.807) is 18.2 Å². The largest absolute Gasteiger partial charge is 0.493 e. The predicted molar refractivity (Wildman–Crippen MR) is 77.9 cm³/mol. The molecule has 0 radical (unpaired) electrons. The molecule has 2 rings (SSSR count). The molecule has 1 aliphatic rings. The fourth-order valence-corrected chi connectivity index (χ4v) is 2.41. The summed E-state index contributed by atoms with van der Waals surface area (Å²) in [6.07, 6.45) is 0.976. The maximum atomic E-state index is 12.4. The van der Waals surface area contributed by atoms with Gasteiger partial charge in [-0.15, -0.1) is 0 Å². The summed E-state index contributed by atoms with van der Waals surface area (Å²) in [5, 5.41) is 3.00. The summed E-state index contributed by atoms with van der Waals surface area (Å²) in [6.45, 7) is 5.84. The zero-order valence-corrected chi connectivity index (χ0v) is 12.0. The monoisotopic (exact) mass is 278 g/mol. The molecule has 1 fully saturated rings. The van der Waals surface area contributed by atoms with Gasteiger partial charge in [-0.05, 0) is 32.4 Å². The number of nitrogens with one attached hydrogen (secondary N) is 1. The minimum absolute atomic E-state index is 0.0547. The van der Waals surface area contributed by atoms with Crippen LogP contribution in [0.2, 0.25) is 0 Å². The highest BCUT2D eigenvalue weighted by Crippen LogP contribution is 2.25. The lowest BCUT2D eigenvalue weighted by molar-refractivity contribution is 0.0919. The van der Waals surface area contributed by atoms with E-state index in [4.69, 9.17) is 15.2 Å². The fraction of sp³-hybridized carbons (Fsp3) is 0.533. The third-order valence-corrected chi connectivity index (χ3v) is 3.62. The molecule has 20 heavy (non-hydrogen) atoms. The lowest BCUT2D eigenvalue weighted by atomic mass is 10.00. The summed E-state index contributed by atoms with van der Waals surface area (Å²) in [5.74, 6) is 0.699. The molecule has 0 saturated carbocycles. The van der Waals surface area contributed by atoms with Crippen molar-refractivity contribution >= 4 is 11.6 Å². The zero-order chi connectivity index (χ0) is 14.5. The average molecular weight is 278 g/mol.